The molecular weight excluding hydrogens is 773 g/mol. The van der Waals surface area contributed by atoms with E-state index >= 15 is 0 Å². The Morgan fingerprint density at radius 1 is 0.746 bits per heavy atom. The molecule has 2 aliphatic carbocycles. The number of ether oxygens (including phenoxy) is 6. The van der Waals surface area contributed by atoms with Crippen molar-refractivity contribution in [3.05, 3.63) is 78.6 Å². The summed E-state index contributed by atoms with van der Waals surface area (Å²) >= 11 is 0. The first-order chi connectivity index (χ1) is 28.7. The smallest absolute Gasteiger partial charge is 0.406 e. The predicted molar refractivity (Wildman–Crippen MR) is 212 cm³/mol. The highest BCUT2D eigenvalue weighted by Crippen LogP contribution is 2.43. The van der Waals surface area contributed by atoms with Gasteiger partial charge in [-0.3, -0.25) is 14.5 Å². The molecule has 1 aliphatic heterocycles. The zero-order chi connectivity index (χ0) is 41.3. The maximum absolute atomic E-state index is 13.4. The molecule has 0 radical (unpaired) electrons. The Balaban J connectivity index is 0.749. The summed E-state index contributed by atoms with van der Waals surface area (Å²) in [4.78, 5) is 38.4. The van der Waals surface area contributed by atoms with Crippen molar-refractivity contribution in [3.8, 4) is 17.0 Å². The Labute approximate surface area is 342 Å². The molecule has 3 aromatic rings. The second kappa shape index (κ2) is 22.6. The van der Waals surface area contributed by atoms with Crippen LogP contribution in [-0.2, 0) is 28.5 Å². The van der Waals surface area contributed by atoms with Gasteiger partial charge in [-0.2, -0.15) is 0 Å². The van der Waals surface area contributed by atoms with Crippen molar-refractivity contribution in [3.63, 3.8) is 0 Å². The average molecular weight is 827 g/mol. The Bertz CT molecular complexity index is 1790. The van der Waals surface area contributed by atoms with E-state index in [9.17, 15) is 22.8 Å². The third-order valence-electron chi connectivity index (χ3n) is 10.3. The summed E-state index contributed by atoms with van der Waals surface area (Å²) in [5.41, 5.74) is 2.37. The van der Waals surface area contributed by atoms with Gasteiger partial charge in [0.2, 0.25) is 5.91 Å². The molecule has 2 aromatic carbocycles. The molecule has 1 saturated carbocycles. The number of carbonyl (C=O) groups excluding carboxylic acids is 2. The highest BCUT2D eigenvalue weighted by molar-refractivity contribution is 5.95. The number of nitrogens with one attached hydrogen (secondary N) is 2. The zero-order valence-corrected chi connectivity index (χ0v) is 33.1. The van der Waals surface area contributed by atoms with Crippen LogP contribution in [0.4, 0.5) is 24.7 Å². The van der Waals surface area contributed by atoms with Gasteiger partial charge in [0, 0.05) is 68.1 Å². The van der Waals surface area contributed by atoms with Gasteiger partial charge in [0.25, 0.3) is 5.91 Å². The van der Waals surface area contributed by atoms with Gasteiger partial charge in [0.15, 0.2) is 0 Å². The molecular formula is C42H53F3N6O8. The van der Waals surface area contributed by atoms with Gasteiger partial charge in [-0.15, -0.1) is 13.2 Å². The van der Waals surface area contributed by atoms with Crippen molar-refractivity contribution in [1.29, 1.82) is 0 Å². The van der Waals surface area contributed by atoms with Crippen molar-refractivity contribution >= 4 is 23.3 Å². The SMILES string of the molecule is O=C(NCCOCCOCCOCCOCCOCCN1CCN(C(=O)c2cccc(-c3cc(Nc4ccc(OC(F)(F)F)cc4)ncn3)c2)CC1)[C@H]1C[C@H]2C=C[C@@H]1C2. The quantitative estimate of drug-likeness (QED) is 0.0931. The Morgan fingerprint density at radius 2 is 1.41 bits per heavy atom. The Kier molecular flexibility index (Phi) is 16.9. The van der Waals surface area contributed by atoms with Crippen LogP contribution in [0.3, 0.4) is 0 Å². The minimum Gasteiger partial charge on any atom is -0.406 e. The summed E-state index contributed by atoms with van der Waals surface area (Å²) < 4.78 is 69.3. The lowest BCUT2D eigenvalue weighted by atomic mass is 9.93. The van der Waals surface area contributed by atoms with E-state index in [4.69, 9.17) is 23.7 Å². The van der Waals surface area contributed by atoms with Gasteiger partial charge in [-0.05, 0) is 61.1 Å². The second-order valence-electron chi connectivity index (χ2n) is 14.4. The molecule has 2 fully saturated rings. The first-order valence-electron chi connectivity index (χ1n) is 20.1. The largest absolute Gasteiger partial charge is 0.573 e. The minimum absolute atomic E-state index is 0.0621. The van der Waals surface area contributed by atoms with Gasteiger partial charge < -0.3 is 44.0 Å². The molecule has 3 atom stereocenters. The number of hydrogen-bond donors (Lipinski definition) is 2. The van der Waals surface area contributed by atoms with Gasteiger partial charge in [-0.25, -0.2) is 9.97 Å². The molecule has 1 saturated heterocycles. The van der Waals surface area contributed by atoms with Crippen molar-refractivity contribution in [2.75, 3.05) is 111 Å². The van der Waals surface area contributed by atoms with E-state index in [1.165, 1.54) is 30.6 Å². The fourth-order valence-electron chi connectivity index (χ4n) is 7.28. The van der Waals surface area contributed by atoms with Crippen LogP contribution in [0.2, 0.25) is 0 Å². The van der Waals surface area contributed by atoms with Crippen LogP contribution in [0.25, 0.3) is 11.3 Å². The molecule has 2 N–H and O–H groups in total. The van der Waals surface area contributed by atoms with Crippen LogP contribution in [0.1, 0.15) is 23.2 Å². The highest BCUT2D eigenvalue weighted by Gasteiger charge is 2.39. The molecule has 3 aliphatic rings. The Hall–Kier alpha value is -4.65. The lowest BCUT2D eigenvalue weighted by Crippen LogP contribution is -2.49. The number of halogens is 3. The molecule has 320 valence electrons. The summed E-state index contributed by atoms with van der Waals surface area (Å²) in [5.74, 6) is 1.32. The summed E-state index contributed by atoms with van der Waals surface area (Å²) in [6.45, 7) is 8.77. The number of alkyl halides is 3. The fourth-order valence-corrected chi connectivity index (χ4v) is 7.28. The normalized spacial score (nSPS) is 19.0. The Morgan fingerprint density at radius 3 is 2.03 bits per heavy atom. The number of anilines is 2. The molecule has 0 unspecified atom stereocenters. The predicted octanol–water partition coefficient (Wildman–Crippen LogP) is 4.96. The van der Waals surface area contributed by atoms with Crippen LogP contribution in [-0.4, -0.2) is 143 Å². The van der Waals surface area contributed by atoms with Crippen molar-refractivity contribution in [2.45, 2.75) is 19.2 Å². The number of carbonyl (C=O) groups is 2. The standard InChI is InChI=1S/C42H53F3N6O8/c43-42(44,45)59-36-8-6-35(7-9-36)49-39-29-38(47-30-48-39)33-2-1-3-34(28-33)41(53)51-13-11-50(12-14-51)15-17-55-19-21-57-23-25-58-24-22-56-20-18-54-16-10-46-40(52)37-27-31-4-5-32(37)26-31/h1-9,28-32,37H,10-27H2,(H,46,52)(H,47,48,49)/t31-,32+,37-/m0/s1. The molecule has 17 heteroatoms. The molecule has 6 rings (SSSR count). The number of piperazine rings is 1. The summed E-state index contributed by atoms with van der Waals surface area (Å²) in [5, 5.41) is 6.03. The number of fused-ring (bicyclic) bond motifs is 2. The first-order valence-corrected chi connectivity index (χ1v) is 20.1. The van der Waals surface area contributed by atoms with Gasteiger partial charge in [-0.1, -0.05) is 24.3 Å². The molecule has 14 nitrogen and oxygen atoms in total. The van der Waals surface area contributed by atoms with Gasteiger partial charge in [0.05, 0.1) is 71.8 Å². The third-order valence-corrected chi connectivity index (χ3v) is 10.3. The molecule has 2 bridgehead atoms. The topological polar surface area (TPSA) is 146 Å². The summed E-state index contributed by atoms with van der Waals surface area (Å²) in [6, 6.07) is 14.3. The van der Waals surface area contributed by atoms with E-state index in [-0.39, 0.29) is 23.5 Å². The van der Waals surface area contributed by atoms with E-state index in [2.05, 4.69) is 42.4 Å². The number of benzene rings is 2. The van der Waals surface area contributed by atoms with Crippen LogP contribution in [0, 0.1) is 17.8 Å². The molecule has 0 spiro atoms. The van der Waals surface area contributed by atoms with Crippen LogP contribution >= 0.6 is 0 Å². The highest BCUT2D eigenvalue weighted by atomic mass is 19.4. The number of amides is 2. The van der Waals surface area contributed by atoms with Gasteiger partial charge >= 0.3 is 6.36 Å². The van der Waals surface area contributed by atoms with Gasteiger partial charge in [0.1, 0.15) is 17.9 Å². The number of allylic oxidation sites excluding steroid dienone is 2. The van der Waals surface area contributed by atoms with Crippen molar-refractivity contribution < 1.29 is 51.2 Å². The third kappa shape index (κ3) is 14.5. The first kappa shape index (κ1) is 43.9. The maximum atomic E-state index is 13.4. The molecule has 59 heavy (non-hydrogen) atoms. The monoisotopic (exact) mass is 826 g/mol. The average Bonchev–Trinajstić information content (AvgIpc) is 3.88. The lowest BCUT2D eigenvalue weighted by molar-refractivity contribution is -0.274. The molecule has 1 aromatic heterocycles. The van der Waals surface area contributed by atoms with E-state index in [1.807, 2.05) is 11.0 Å². The summed E-state index contributed by atoms with van der Waals surface area (Å²) in [6.07, 6.45) is 3.13. The van der Waals surface area contributed by atoms with E-state index in [0.717, 1.165) is 38.0 Å². The summed E-state index contributed by atoms with van der Waals surface area (Å²) in [7, 11) is 0. The van der Waals surface area contributed by atoms with Crippen LogP contribution in [0.15, 0.2) is 73.1 Å². The number of nitrogens with zero attached hydrogens (tertiary/aromatic N) is 4. The minimum atomic E-state index is -4.77. The molecule has 2 heterocycles. The second-order valence-corrected chi connectivity index (χ2v) is 14.4. The van der Waals surface area contributed by atoms with Crippen LogP contribution in [0.5, 0.6) is 5.75 Å². The lowest BCUT2D eigenvalue weighted by Gasteiger charge is -2.34. The number of aromatic nitrogens is 2. The van der Waals surface area contributed by atoms with E-state index < -0.39 is 6.36 Å². The van der Waals surface area contributed by atoms with Crippen molar-refractivity contribution in [2.24, 2.45) is 17.8 Å². The number of rotatable bonds is 24. The maximum Gasteiger partial charge on any atom is 0.573 e. The molecule has 2 amide bonds. The van der Waals surface area contributed by atoms with Crippen molar-refractivity contribution in [1.82, 2.24) is 25.1 Å². The van der Waals surface area contributed by atoms with Crippen LogP contribution < -0.4 is 15.4 Å². The number of hydrogen-bond acceptors (Lipinski definition) is 12. The van der Waals surface area contributed by atoms with E-state index in [0.29, 0.717) is 120 Å². The fraction of sp³-hybridized carbons (Fsp3) is 0.524. The van der Waals surface area contributed by atoms with E-state index in [1.54, 1.807) is 24.3 Å². The zero-order valence-electron chi connectivity index (χ0n) is 33.1.